The lowest BCUT2D eigenvalue weighted by atomic mass is 10.1. The van der Waals surface area contributed by atoms with Gasteiger partial charge in [0.25, 0.3) is 0 Å². The first-order valence-electron chi connectivity index (χ1n) is 7.38. The van der Waals surface area contributed by atoms with Crippen LogP contribution in [0.2, 0.25) is 0 Å². The lowest BCUT2D eigenvalue weighted by Gasteiger charge is -2.24. The molecule has 0 aliphatic carbocycles. The van der Waals surface area contributed by atoms with Crippen LogP contribution in [-0.4, -0.2) is 50.4 Å². The second kappa shape index (κ2) is 11.6. The molecule has 0 radical (unpaired) electrons. The highest BCUT2D eigenvalue weighted by molar-refractivity contribution is 7.81. The van der Waals surface area contributed by atoms with Gasteiger partial charge in [-0.15, -0.1) is 0 Å². The van der Waals surface area contributed by atoms with E-state index in [4.69, 9.17) is 9.47 Å². The fourth-order valence-electron chi connectivity index (χ4n) is 1.76. The molecule has 0 saturated carbocycles. The normalized spacial score (nSPS) is 15.4. The Labute approximate surface area is 131 Å². The molecular formula is C14H28F3NO2S. The first kappa shape index (κ1) is 21.0. The van der Waals surface area contributed by atoms with Crippen LogP contribution in [0.15, 0.2) is 0 Å². The Bertz CT molecular complexity index is 251. The molecule has 2 atom stereocenters. The summed E-state index contributed by atoms with van der Waals surface area (Å²) in [4.78, 5) is 0. The minimum atomic E-state index is -4.29. The van der Waals surface area contributed by atoms with Crippen LogP contribution in [0, 0.1) is 5.92 Å². The Morgan fingerprint density at radius 3 is 2.05 bits per heavy atom. The number of thiol groups is 1. The zero-order chi connectivity index (χ0) is 16.3. The van der Waals surface area contributed by atoms with E-state index in [9.17, 15) is 13.2 Å². The van der Waals surface area contributed by atoms with Crippen LogP contribution >= 0.6 is 12.6 Å². The fourth-order valence-corrected chi connectivity index (χ4v) is 2.04. The quantitative estimate of drug-likeness (QED) is 0.425. The number of rotatable bonds is 12. The van der Waals surface area contributed by atoms with Crippen LogP contribution in [0.25, 0.3) is 0 Å². The lowest BCUT2D eigenvalue weighted by molar-refractivity contribution is -0.155. The molecule has 7 heteroatoms. The molecule has 3 nitrogen and oxygen atoms in total. The van der Waals surface area contributed by atoms with Gasteiger partial charge >= 0.3 is 6.18 Å². The number of hydrogen-bond acceptors (Lipinski definition) is 4. The van der Waals surface area contributed by atoms with Crippen molar-refractivity contribution in [1.29, 1.82) is 0 Å². The maximum Gasteiger partial charge on any atom is 0.404 e. The Kier molecular flexibility index (Phi) is 11.6. The summed E-state index contributed by atoms with van der Waals surface area (Å²) in [6.45, 7) is 7.68. The molecule has 0 amide bonds. The minimum Gasteiger partial charge on any atom is -0.379 e. The molecule has 0 aliphatic heterocycles. The second-order valence-electron chi connectivity index (χ2n) is 5.47. The summed E-state index contributed by atoms with van der Waals surface area (Å²) in [5.74, 6) is 0.673. The van der Waals surface area contributed by atoms with Crippen LogP contribution in [0.5, 0.6) is 0 Å². The summed E-state index contributed by atoms with van der Waals surface area (Å²) in [5, 5.41) is 1.62. The van der Waals surface area contributed by atoms with Crippen molar-refractivity contribution in [3.05, 3.63) is 0 Å². The predicted octanol–water partition coefficient (Wildman–Crippen LogP) is 3.29. The largest absolute Gasteiger partial charge is 0.404 e. The van der Waals surface area contributed by atoms with E-state index in [1.807, 2.05) is 0 Å². The van der Waals surface area contributed by atoms with E-state index >= 15 is 0 Å². The molecule has 0 aromatic rings. The van der Waals surface area contributed by atoms with Crippen LogP contribution in [0.1, 0.15) is 33.6 Å². The highest BCUT2D eigenvalue weighted by Gasteiger charge is 2.41. The monoisotopic (exact) mass is 331 g/mol. The van der Waals surface area contributed by atoms with Gasteiger partial charge in [0.15, 0.2) is 0 Å². The second-order valence-corrected chi connectivity index (χ2v) is 6.29. The van der Waals surface area contributed by atoms with Crippen molar-refractivity contribution in [2.75, 3.05) is 33.0 Å². The summed E-state index contributed by atoms with van der Waals surface area (Å²) in [6.07, 6.45) is -2.14. The van der Waals surface area contributed by atoms with E-state index in [1.165, 1.54) is 6.92 Å². The average molecular weight is 331 g/mol. The summed E-state index contributed by atoms with van der Waals surface area (Å²) in [5.41, 5.74) is 0. The van der Waals surface area contributed by atoms with Gasteiger partial charge in [0.05, 0.1) is 19.8 Å². The molecule has 0 aromatic carbocycles. The van der Waals surface area contributed by atoms with E-state index in [1.54, 1.807) is 0 Å². The smallest absolute Gasteiger partial charge is 0.379 e. The van der Waals surface area contributed by atoms with Crippen molar-refractivity contribution < 1.29 is 22.6 Å². The third-order valence-corrected chi connectivity index (χ3v) is 3.19. The Morgan fingerprint density at radius 2 is 1.57 bits per heavy atom. The fraction of sp³-hybridized carbons (Fsp3) is 1.00. The van der Waals surface area contributed by atoms with Crippen LogP contribution in [-0.2, 0) is 9.47 Å². The number of nitrogens with one attached hydrogen (secondary N) is 1. The molecular weight excluding hydrogens is 303 g/mol. The first-order valence-corrected chi connectivity index (χ1v) is 7.90. The third kappa shape index (κ3) is 12.3. The molecule has 0 aliphatic rings. The average Bonchev–Trinajstić information content (AvgIpc) is 2.33. The van der Waals surface area contributed by atoms with E-state index in [0.29, 0.717) is 25.7 Å². The Balaban J connectivity index is 3.47. The molecule has 0 bridgehead atoms. The zero-order valence-corrected chi connectivity index (χ0v) is 14.0. The van der Waals surface area contributed by atoms with Gasteiger partial charge in [-0.25, -0.2) is 0 Å². The molecule has 128 valence electrons. The highest BCUT2D eigenvalue weighted by Crippen LogP contribution is 2.24. The van der Waals surface area contributed by atoms with Gasteiger partial charge in [0, 0.05) is 18.4 Å². The van der Waals surface area contributed by atoms with E-state index in [2.05, 4.69) is 31.8 Å². The van der Waals surface area contributed by atoms with E-state index in [-0.39, 0.29) is 13.2 Å². The standard InChI is InChI=1S/C14H28F3NO2S/c1-11(2)5-4-7-19-9-10-20-8-6-18-13(12(3)21)14(15,16)17/h11-13,18,21H,4-10H2,1-3H3. The minimum absolute atomic E-state index is 0.141. The summed E-state index contributed by atoms with van der Waals surface area (Å²) < 4.78 is 48.4. The topological polar surface area (TPSA) is 30.5 Å². The SMILES string of the molecule is CC(C)CCCOCCOCCNC(C(C)S)C(F)(F)F. The van der Waals surface area contributed by atoms with Gasteiger partial charge in [-0.1, -0.05) is 20.8 Å². The van der Waals surface area contributed by atoms with Crippen molar-refractivity contribution in [2.24, 2.45) is 5.92 Å². The first-order chi connectivity index (χ1) is 9.75. The molecule has 0 aromatic heterocycles. The van der Waals surface area contributed by atoms with E-state index < -0.39 is 17.5 Å². The van der Waals surface area contributed by atoms with Gasteiger partial charge in [-0.2, -0.15) is 25.8 Å². The molecule has 1 N–H and O–H groups in total. The van der Waals surface area contributed by atoms with Crippen molar-refractivity contribution in [3.8, 4) is 0 Å². The van der Waals surface area contributed by atoms with Crippen LogP contribution in [0.4, 0.5) is 13.2 Å². The maximum atomic E-state index is 12.6. The number of halogens is 3. The van der Waals surface area contributed by atoms with Gasteiger partial charge in [-0.05, 0) is 18.8 Å². The molecule has 0 spiro atoms. The van der Waals surface area contributed by atoms with Crippen molar-refractivity contribution in [3.63, 3.8) is 0 Å². The summed E-state index contributed by atoms with van der Waals surface area (Å²) in [7, 11) is 0. The van der Waals surface area contributed by atoms with Gasteiger partial charge in [0.2, 0.25) is 0 Å². The van der Waals surface area contributed by atoms with Gasteiger partial charge in [-0.3, -0.25) is 0 Å². The van der Waals surface area contributed by atoms with E-state index in [0.717, 1.165) is 12.8 Å². The maximum absolute atomic E-state index is 12.6. The summed E-state index contributed by atoms with van der Waals surface area (Å²) >= 11 is 3.85. The van der Waals surface area contributed by atoms with Crippen LogP contribution in [0.3, 0.4) is 0 Å². The molecule has 0 fully saturated rings. The summed E-state index contributed by atoms with van der Waals surface area (Å²) in [6, 6.07) is -1.61. The van der Waals surface area contributed by atoms with Crippen molar-refractivity contribution in [2.45, 2.75) is 51.1 Å². The number of hydrogen-bond donors (Lipinski definition) is 2. The molecule has 21 heavy (non-hydrogen) atoms. The Hall–Kier alpha value is 0.0200. The zero-order valence-electron chi connectivity index (χ0n) is 13.1. The lowest BCUT2D eigenvalue weighted by Crippen LogP contribution is -2.48. The molecule has 0 saturated heterocycles. The molecule has 0 rings (SSSR count). The Morgan fingerprint density at radius 1 is 1.00 bits per heavy atom. The third-order valence-electron chi connectivity index (χ3n) is 2.89. The van der Waals surface area contributed by atoms with Crippen molar-refractivity contribution >= 4 is 12.6 Å². The molecule has 0 heterocycles. The predicted molar refractivity (Wildman–Crippen MR) is 82.0 cm³/mol. The molecule has 2 unspecified atom stereocenters. The number of alkyl halides is 3. The van der Waals surface area contributed by atoms with Crippen molar-refractivity contribution in [1.82, 2.24) is 5.32 Å². The van der Waals surface area contributed by atoms with Crippen LogP contribution < -0.4 is 5.32 Å². The van der Waals surface area contributed by atoms with Gasteiger partial charge < -0.3 is 14.8 Å². The highest BCUT2D eigenvalue weighted by atomic mass is 32.1. The van der Waals surface area contributed by atoms with Gasteiger partial charge in [0.1, 0.15) is 6.04 Å². The number of ether oxygens (including phenoxy) is 2.